The molecule has 0 bridgehead atoms. The summed E-state index contributed by atoms with van der Waals surface area (Å²) in [5.41, 5.74) is 0.0576. The Labute approximate surface area is 507 Å². The maximum absolute atomic E-state index is 13.9. The van der Waals surface area contributed by atoms with E-state index in [1.54, 1.807) is 12.1 Å². The summed E-state index contributed by atoms with van der Waals surface area (Å²) in [6.45, 7) is 2.01. The molecule has 5 aliphatic rings. The fraction of sp³-hybridized carbons (Fsp3) is 0.768. The van der Waals surface area contributed by atoms with Crippen LogP contribution in [0.5, 0.6) is 5.75 Å². The number of hydrogen-bond donors (Lipinski definition) is 17. The summed E-state index contributed by atoms with van der Waals surface area (Å²) in [6.07, 6.45) is -24.4. The van der Waals surface area contributed by atoms with Gasteiger partial charge in [0.1, 0.15) is 128 Å². The number of aliphatic hydroxyl groups is 12. The Kier molecular flexibility index (Phi) is 28.5. The Bertz CT molecular complexity index is 2400. The molecule has 0 saturated carbocycles. The largest absolute Gasteiger partial charge is 0.494 e. The van der Waals surface area contributed by atoms with Gasteiger partial charge >= 0.3 is 0 Å². The maximum atomic E-state index is 13.9. The predicted octanol–water partition coefficient (Wildman–Crippen LogP) is -6.23. The Hall–Kier alpha value is -4.73. The van der Waals surface area contributed by atoms with E-state index in [9.17, 15) is 85.3 Å². The number of hydrogen-bond acceptors (Lipinski definition) is 27. The first-order chi connectivity index (χ1) is 42.0. The molecule has 1 aromatic rings. The minimum Gasteiger partial charge on any atom is -0.494 e. The molecule has 5 amide bonds. The molecule has 500 valence electrons. The number of amides is 5. The number of benzene rings is 1. The van der Waals surface area contributed by atoms with Gasteiger partial charge in [-0.3, -0.25) is 24.0 Å². The van der Waals surface area contributed by atoms with E-state index in [4.69, 9.17) is 47.4 Å². The first kappa shape index (κ1) is 72.3. The van der Waals surface area contributed by atoms with Crippen LogP contribution in [0.4, 0.5) is 0 Å². The van der Waals surface area contributed by atoms with Crippen LogP contribution in [0.2, 0.25) is 0 Å². The monoisotopic (exact) mass is 1260 g/mol. The summed E-state index contributed by atoms with van der Waals surface area (Å²) in [6, 6.07) is -2.18. The average Bonchev–Trinajstić information content (AvgIpc) is 1.44. The van der Waals surface area contributed by atoms with Gasteiger partial charge in [0.15, 0.2) is 31.5 Å². The maximum Gasteiger partial charge on any atom is 0.251 e. The lowest BCUT2D eigenvalue weighted by Gasteiger charge is -2.51. The molecule has 17 N–H and O–H groups in total. The van der Waals surface area contributed by atoms with Gasteiger partial charge in [-0.25, -0.2) is 0 Å². The van der Waals surface area contributed by atoms with Crippen molar-refractivity contribution in [3.8, 4) is 5.75 Å². The number of ether oxygens (including phenoxy) is 10. The minimum absolute atomic E-state index is 0.0576. The lowest BCUT2D eigenvalue weighted by atomic mass is 9.93. The van der Waals surface area contributed by atoms with Crippen molar-refractivity contribution in [3.63, 3.8) is 0 Å². The second-order valence-corrected chi connectivity index (χ2v) is 22.2. The predicted molar refractivity (Wildman–Crippen MR) is 297 cm³/mol. The molecule has 32 heteroatoms. The fourth-order valence-corrected chi connectivity index (χ4v) is 11.1. The highest BCUT2D eigenvalue weighted by Gasteiger charge is 2.58. The third-order valence-electron chi connectivity index (χ3n) is 15.5. The van der Waals surface area contributed by atoms with Gasteiger partial charge in [-0.1, -0.05) is 44.4 Å². The van der Waals surface area contributed by atoms with Crippen LogP contribution in [0.15, 0.2) is 36.4 Å². The summed E-state index contributed by atoms with van der Waals surface area (Å²) in [5.74, 6) is -3.54. The average molecular weight is 1260 g/mol. The van der Waals surface area contributed by atoms with Crippen LogP contribution in [-0.2, 0) is 61.8 Å². The third-order valence-corrected chi connectivity index (χ3v) is 15.5. The van der Waals surface area contributed by atoms with Gasteiger partial charge in [-0.2, -0.15) is 0 Å². The van der Waals surface area contributed by atoms with Crippen LogP contribution < -0.4 is 31.3 Å². The number of carbonyl (C=O) groups excluding carboxylic acids is 5. The number of aliphatic hydroxyl groups excluding tert-OH is 12. The van der Waals surface area contributed by atoms with Crippen LogP contribution in [0, 0.1) is 0 Å². The van der Waals surface area contributed by atoms with E-state index in [-0.39, 0.29) is 5.56 Å². The molecule has 1 aromatic carbocycles. The lowest BCUT2D eigenvalue weighted by molar-refractivity contribution is -0.367. The van der Waals surface area contributed by atoms with Crippen molar-refractivity contribution in [1.82, 2.24) is 26.6 Å². The lowest BCUT2D eigenvalue weighted by Crippen LogP contribution is -2.72. The van der Waals surface area contributed by atoms with Crippen LogP contribution in [0.3, 0.4) is 0 Å². The fourth-order valence-electron chi connectivity index (χ4n) is 11.1. The zero-order valence-corrected chi connectivity index (χ0v) is 49.6. The topological polar surface area (TPSA) is 481 Å². The molecule has 6 rings (SSSR count). The molecule has 0 spiro atoms. The van der Waals surface area contributed by atoms with E-state index in [1.807, 2.05) is 0 Å². The van der Waals surface area contributed by atoms with Crippen molar-refractivity contribution < 1.29 is 133 Å². The number of carbonyl (C=O) groups is 5. The number of rotatable bonds is 29. The van der Waals surface area contributed by atoms with Gasteiger partial charge in [0, 0.05) is 33.3 Å². The van der Waals surface area contributed by atoms with E-state index in [2.05, 4.69) is 45.7 Å². The number of allylic oxidation sites excluding steroid dienone is 2. The number of unbranched alkanes of at least 4 members (excludes halogenated alkanes) is 5. The molecule has 25 atom stereocenters. The molecule has 5 aliphatic heterocycles. The molecule has 5 fully saturated rings. The van der Waals surface area contributed by atoms with Gasteiger partial charge in [0.05, 0.1) is 39.6 Å². The molecule has 5 heterocycles. The van der Waals surface area contributed by atoms with E-state index >= 15 is 0 Å². The molecule has 0 aromatic heterocycles. The smallest absolute Gasteiger partial charge is 0.251 e. The van der Waals surface area contributed by atoms with Crippen LogP contribution >= 0.6 is 0 Å². The molecule has 88 heavy (non-hydrogen) atoms. The summed E-state index contributed by atoms with van der Waals surface area (Å²) < 4.78 is 59.8. The van der Waals surface area contributed by atoms with Gasteiger partial charge in [-0.15, -0.1) is 0 Å². The summed E-state index contributed by atoms with van der Waals surface area (Å²) in [5, 5.41) is 145. The third kappa shape index (κ3) is 18.7. The van der Waals surface area contributed by atoms with Crippen LogP contribution in [0.25, 0.3) is 0 Å². The molecule has 11 unspecified atom stereocenters. The van der Waals surface area contributed by atoms with Crippen molar-refractivity contribution >= 4 is 29.5 Å². The second-order valence-electron chi connectivity index (χ2n) is 22.2. The van der Waals surface area contributed by atoms with Crippen molar-refractivity contribution in [3.05, 3.63) is 42.0 Å². The molecule has 5 saturated heterocycles. The molecular weight excluding hydrogens is 1170 g/mol. The van der Waals surface area contributed by atoms with Crippen LogP contribution in [-0.4, -0.2) is 284 Å². The molecule has 0 radical (unpaired) electrons. The summed E-state index contributed by atoms with van der Waals surface area (Å²) in [7, 11) is 0. The SMILES string of the molecule is CCCCCC/C=C\CCCOc1cccc(C(=O)NC2[C@H](O[C@H]3C(O)C(NC(C)=O)[C@H](OC4C(CO)O[C@@H](O[C@H]5C(O)C(NC(C)=O)C(OC6C(CO)O[C@@H](O)[C@@H](NC(C)=O)[C@H]6O)O[C@H]5CO)[C@@H](NC(C)=O)[C@H]4O)O[C@H]3CO)OC(CO)[C@@H](O)[C@@H]2O)c1. The van der Waals surface area contributed by atoms with Gasteiger partial charge in [-0.05, 0) is 43.9 Å². The van der Waals surface area contributed by atoms with Crippen LogP contribution in [0.1, 0.15) is 89.9 Å². The summed E-state index contributed by atoms with van der Waals surface area (Å²) >= 11 is 0. The highest BCUT2D eigenvalue weighted by Crippen LogP contribution is 2.36. The Morgan fingerprint density at radius 3 is 1.24 bits per heavy atom. The molecule has 32 nitrogen and oxygen atoms in total. The highest BCUT2D eigenvalue weighted by atomic mass is 16.8. The van der Waals surface area contributed by atoms with Crippen molar-refractivity contribution in [2.75, 3.05) is 39.6 Å². The normalized spacial score (nSPS) is 37.8. The Morgan fingerprint density at radius 1 is 0.455 bits per heavy atom. The van der Waals surface area contributed by atoms with Crippen molar-refractivity contribution in [2.24, 2.45) is 0 Å². The first-order valence-corrected chi connectivity index (χ1v) is 29.5. The van der Waals surface area contributed by atoms with E-state index in [1.165, 1.54) is 25.0 Å². The molecular formula is C56H89N5O27. The zero-order chi connectivity index (χ0) is 64.5. The highest BCUT2D eigenvalue weighted by molar-refractivity contribution is 5.94. The van der Waals surface area contributed by atoms with Crippen molar-refractivity contribution in [1.29, 1.82) is 0 Å². The van der Waals surface area contributed by atoms with E-state index in [0.29, 0.717) is 18.8 Å². The quantitative estimate of drug-likeness (QED) is 0.0262. The van der Waals surface area contributed by atoms with Gasteiger partial charge < -0.3 is 135 Å². The second kappa shape index (κ2) is 34.6. The number of nitrogens with one attached hydrogen (secondary N) is 5. The Balaban J connectivity index is 1.18. The molecule has 0 aliphatic carbocycles. The van der Waals surface area contributed by atoms with Gasteiger partial charge in [0.25, 0.3) is 5.91 Å². The van der Waals surface area contributed by atoms with E-state index < -0.39 is 216 Å². The van der Waals surface area contributed by atoms with Crippen molar-refractivity contribution in [2.45, 2.75) is 233 Å². The minimum atomic E-state index is -2.03. The van der Waals surface area contributed by atoms with Gasteiger partial charge in [0.2, 0.25) is 23.6 Å². The standard InChI is InChI=1S/C56H89N5O27/c1-6-7-8-9-10-11-12-13-14-18-79-30-17-15-16-29(19-30)51(77)61-37-42(72)41(71)31(20-62)81-53(37)86-48-33(22-64)83-55(39(44(48)74)59-27(4)69)88-50-35(24-66)84-56(40(46(50)76)60-28(5)70)87-49-34(23-65)82-54(38(45(49)75)58-26(3)68)85-47-32(21-63)80-52(78)36(43(47)73)57-25(2)67/h11-12,15-17,19,31-50,52-56,62-66,71-76,78H,6-10,13-14,18,20-24H2,1-5H3,(H,57,67)(H,58,68)(H,59,69)(H,60,70)(H,61,77)/b12-11-/t31?,32?,33-,34-,35?,36-,37?,38?,39?,40-,41+,42+,43+,44?,45?,46+,47?,48+,49+,50?,52+,53-,54?,55-,56-/m0/s1. The van der Waals surface area contributed by atoms with E-state index in [0.717, 1.165) is 53.4 Å². The first-order valence-electron chi connectivity index (χ1n) is 29.5. The zero-order valence-electron chi connectivity index (χ0n) is 49.6. The summed E-state index contributed by atoms with van der Waals surface area (Å²) in [4.78, 5) is 64.1. The Morgan fingerprint density at radius 2 is 0.830 bits per heavy atom.